The van der Waals surface area contributed by atoms with E-state index in [0.29, 0.717) is 54.0 Å². The van der Waals surface area contributed by atoms with Gasteiger partial charge in [0.25, 0.3) is 36.3 Å². The van der Waals surface area contributed by atoms with Crippen LogP contribution in [0, 0.1) is 13.8 Å². The number of carbonyl (C=O) groups excluding carboxylic acids is 1. The second kappa shape index (κ2) is 19.1. The normalized spacial score (nSPS) is 13.3. The SMILES string of the molecule is CC(=CC=CC(C)=[N+](CCCCCC(=O)O)c1ccc(S(=O)(=O)O)cc1C)N(CCCS(=O)(=O)O)c1cccc(C(=O)NCCS(=O)(=O)O)c1C. The maximum Gasteiger partial charge on any atom is 0.303 e. The minimum absolute atomic E-state index is 0.0383. The van der Waals surface area contributed by atoms with Gasteiger partial charge in [-0.25, -0.2) is 0 Å². The molecular weight excluding hydrogens is 727 g/mol. The minimum atomic E-state index is -4.42. The molecule has 0 spiro atoms. The number of carboxylic acid groups (broad SMARTS) is 1. The number of carboxylic acids is 1. The molecule has 0 unspecified atom stereocenters. The molecule has 282 valence electrons. The lowest BCUT2D eigenvalue weighted by Crippen LogP contribution is -2.30. The van der Waals surface area contributed by atoms with E-state index < -0.39 is 53.7 Å². The quantitative estimate of drug-likeness (QED) is 0.0419. The molecule has 0 saturated heterocycles. The first-order valence-corrected chi connectivity index (χ1v) is 20.6. The first-order chi connectivity index (χ1) is 23.6. The van der Waals surface area contributed by atoms with Gasteiger partial charge >= 0.3 is 5.97 Å². The molecule has 0 fully saturated rings. The van der Waals surface area contributed by atoms with E-state index in [1.54, 1.807) is 62.1 Å². The van der Waals surface area contributed by atoms with Crippen LogP contribution in [0.4, 0.5) is 11.4 Å². The van der Waals surface area contributed by atoms with Crippen molar-refractivity contribution in [1.82, 2.24) is 5.32 Å². The van der Waals surface area contributed by atoms with Crippen molar-refractivity contribution in [3.8, 4) is 0 Å². The maximum absolute atomic E-state index is 12.9. The topological polar surface area (TPSA) is 236 Å². The Morgan fingerprint density at radius 1 is 0.882 bits per heavy atom. The summed E-state index contributed by atoms with van der Waals surface area (Å²) in [7, 11) is -13.0. The number of nitrogens with one attached hydrogen (secondary N) is 1. The Bertz CT molecular complexity index is 2000. The number of rotatable bonds is 20. The first-order valence-electron chi connectivity index (χ1n) is 15.9. The van der Waals surface area contributed by atoms with Gasteiger partial charge in [0.05, 0.1) is 16.4 Å². The Morgan fingerprint density at radius 3 is 2.14 bits per heavy atom. The number of amides is 1. The molecule has 0 heterocycles. The molecule has 1 amide bonds. The zero-order valence-electron chi connectivity index (χ0n) is 28.9. The lowest BCUT2D eigenvalue weighted by Gasteiger charge is -2.28. The number of unbranched alkanes of at least 4 members (excludes halogenated alkanes) is 2. The van der Waals surface area contributed by atoms with E-state index in [4.69, 9.17) is 9.66 Å². The smallest absolute Gasteiger partial charge is 0.303 e. The van der Waals surface area contributed by atoms with Crippen molar-refractivity contribution in [2.45, 2.75) is 64.7 Å². The van der Waals surface area contributed by atoms with Crippen LogP contribution in [0.15, 0.2) is 65.2 Å². The van der Waals surface area contributed by atoms with E-state index in [1.807, 2.05) is 11.5 Å². The van der Waals surface area contributed by atoms with Crippen LogP contribution in [-0.4, -0.2) is 97.3 Å². The zero-order valence-corrected chi connectivity index (χ0v) is 31.4. The van der Waals surface area contributed by atoms with Crippen molar-refractivity contribution >= 4 is 59.3 Å². The summed E-state index contributed by atoms with van der Waals surface area (Å²) in [5.74, 6) is -2.64. The van der Waals surface area contributed by atoms with Crippen LogP contribution in [0.2, 0.25) is 0 Å². The molecule has 0 aliphatic heterocycles. The molecule has 0 saturated carbocycles. The molecule has 51 heavy (non-hydrogen) atoms. The summed E-state index contributed by atoms with van der Waals surface area (Å²) in [5, 5.41) is 11.4. The number of hydrogen-bond acceptors (Lipinski definition) is 9. The molecule has 2 aromatic rings. The molecule has 0 aliphatic rings. The summed E-state index contributed by atoms with van der Waals surface area (Å²) in [6, 6.07) is 9.11. The highest BCUT2D eigenvalue weighted by atomic mass is 32.2. The van der Waals surface area contributed by atoms with E-state index in [0.717, 1.165) is 5.71 Å². The molecule has 5 N–H and O–H groups in total. The van der Waals surface area contributed by atoms with Crippen LogP contribution in [0.3, 0.4) is 0 Å². The third-order valence-electron chi connectivity index (χ3n) is 7.83. The highest BCUT2D eigenvalue weighted by molar-refractivity contribution is 7.86. The van der Waals surface area contributed by atoms with Crippen molar-refractivity contribution in [3.05, 3.63) is 77.0 Å². The molecule has 0 atom stereocenters. The fourth-order valence-electron chi connectivity index (χ4n) is 5.25. The predicted molar refractivity (Wildman–Crippen MR) is 194 cm³/mol. The predicted octanol–water partition coefficient (Wildman–Crippen LogP) is 4.16. The number of nitrogens with zero attached hydrogens (tertiary/aromatic N) is 2. The van der Waals surface area contributed by atoms with Crippen molar-refractivity contribution in [2.24, 2.45) is 0 Å². The second-order valence-electron chi connectivity index (χ2n) is 11.9. The van der Waals surface area contributed by atoms with Crippen molar-refractivity contribution in [1.29, 1.82) is 0 Å². The number of aryl methyl sites for hydroxylation is 1. The molecule has 2 aromatic carbocycles. The highest BCUT2D eigenvalue weighted by Crippen LogP contribution is 2.27. The van der Waals surface area contributed by atoms with E-state index >= 15 is 0 Å². The summed E-state index contributed by atoms with van der Waals surface area (Å²) < 4.78 is 98.3. The Morgan fingerprint density at radius 2 is 1.55 bits per heavy atom. The average molecular weight is 773 g/mol. The summed E-state index contributed by atoms with van der Waals surface area (Å²) in [6.45, 7) is 7.28. The molecule has 0 bridgehead atoms. The Balaban J connectivity index is 2.51. The molecular formula is C33H46N3O12S3+. The minimum Gasteiger partial charge on any atom is -0.481 e. The average Bonchev–Trinajstić information content (AvgIpc) is 2.99. The number of benzene rings is 2. The van der Waals surface area contributed by atoms with Gasteiger partial charge in [-0.05, 0) is 75.9 Å². The number of allylic oxidation sites excluding steroid dienone is 4. The summed E-state index contributed by atoms with van der Waals surface area (Å²) >= 11 is 0. The molecule has 0 radical (unpaired) electrons. The Labute approximate surface area is 299 Å². The maximum atomic E-state index is 12.9. The van der Waals surface area contributed by atoms with Gasteiger partial charge in [-0.1, -0.05) is 12.1 Å². The van der Waals surface area contributed by atoms with E-state index in [2.05, 4.69) is 5.32 Å². The molecule has 2 rings (SSSR count). The Hall–Kier alpha value is -3.94. The summed E-state index contributed by atoms with van der Waals surface area (Å²) in [4.78, 5) is 25.4. The highest BCUT2D eigenvalue weighted by Gasteiger charge is 2.20. The number of aliphatic carboxylic acids is 1. The van der Waals surface area contributed by atoms with Crippen molar-refractivity contribution in [3.63, 3.8) is 0 Å². The lowest BCUT2D eigenvalue weighted by atomic mass is 10.0. The Kier molecular flexibility index (Phi) is 16.1. The van der Waals surface area contributed by atoms with Gasteiger partial charge < -0.3 is 15.3 Å². The molecule has 18 heteroatoms. The van der Waals surface area contributed by atoms with E-state index in [-0.39, 0.29) is 36.4 Å². The van der Waals surface area contributed by atoms with Crippen LogP contribution in [0.1, 0.15) is 67.4 Å². The second-order valence-corrected chi connectivity index (χ2v) is 16.4. The van der Waals surface area contributed by atoms with Crippen LogP contribution in [-0.2, 0) is 35.1 Å². The summed E-state index contributed by atoms with van der Waals surface area (Å²) in [6.07, 6.45) is 7.15. The number of hydrogen-bond donors (Lipinski definition) is 5. The van der Waals surface area contributed by atoms with E-state index in [1.165, 1.54) is 18.2 Å². The third kappa shape index (κ3) is 15.1. The standard InChI is InChI=1S/C33H45N3O12S3/c1-24-23-28(51(46,47)48)16-17-30(24)35(19-7-5-6-15-32(37)38)25(2)11-8-12-26(3)36(20-10-21-49(40,41)42)31-14-9-13-29(27(31)4)33(39)34-18-22-50(43,44)45/h8-9,11-14,16-17,23H,5-7,10,15,18-22H2,1-4H3,(H4-,34,37,38,39,40,41,42,43,44,45,46,47,48)/p+1. The largest absolute Gasteiger partial charge is 0.481 e. The fourth-order valence-corrected chi connectivity index (χ4v) is 6.67. The van der Waals surface area contributed by atoms with Gasteiger partial charge in [0.2, 0.25) is 5.69 Å². The van der Waals surface area contributed by atoms with Crippen molar-refractivity contribution in [2.75, 3.05) is 36.0 Å². The zero-order chi connectivity index (χ0) is 38.6. The van der Waals surface area contributed by atoms with Crippen molar-refractivity contribution < 1.29 is 58.2 Å². The van der Waals surface area contributed by atoms with Gasteiger partial charge in [-0.3, -0.25) is 23.2 Å². The third-order valence-corrected chi connectivity index (χ3v) is 10.2. The van der Waals surface area contributed by atoms with Gasteiger partial charge in [0, 0.05) is 67.5 Å². The van der Waals surface area contributed by atoms with Crippen LogP contribution >= 0.6 is 0 Å². The van der Waals surface area contributed by atoms with Crippen LogP contribution in [0.25, 0.3) is 0 Å². The van der Waals surface area contributed by atoms with Gasteiger partial charge in [-0.15, -0.1) is 0 Å². The number of anilines is 1. The van der Waals surface area contributed by atoms with Crippen LogP contribution < -0.4 is 10.2 Å². The summed E-state index contributed by atoms with van der Waals surface area (Å²) in [5.41, 5.74) is 3.92. The van der Waals surface area contributed by atoms with Gasteiger partial charge in [0.1, 0.15) is 6.54 Å². The monoisotopic (exact) mass is 772 g/mol. The van der Waals surface area contributed by atoms with Gasteiger partial charge in [-0.2, -0.15) is 29.8 Å². The molecule has 0 aliphatic carbocycles. The molecule has 15 nitrogen and oxygen atoms in total. The first kappa shape index (κ1) is 43.2. The fraction of sp³-hybridized carbons (Fsp3) is 0.424. The molecule has 0 aromatic heterocycles. The van der Waals surface area contributed by atoms with E-state index in [9.17, 15) is 43.9 Å². The van der Waals surface area contributed by atoms with Crippen LogP contribution in [0.5, 0.6) is 0 Å². The lowest BCUT2D eigenvalue weighted by molar-refractivity contribution is -0.441. The number of carbonyl (C=O) groups is 2. The van der Waals surface area contributed by atoms with Gasteiger partial charge in [0.15, 0.2) is 5.71 Å².